The lowest BCUT2D eigenvalue weighted by atomic mass is 10.1. The molecule has 2 heterocycles. The maximum Gasteiger partial charge on any atom is 0.224 e. The van der Waals surface area contributed by atoms with Crippen LogP contribution in [0, 0.1) is 0 Å². The number of hydrogen-bond donors (Lipinski definition) is 3. The van der Waals surface area contributed by atoms with Crippen LogP contribution in [0.3, 0.4) is 0 Å². The minimum Gasteiger partial charge on any atom is -0.361 e. The standard InChI is InChI=1S/C18H21N5O/c24-17(23-16-7-4-6-15-14(16)9-13-19-15)8-2-1-3-10-20-18-21-11-5-12-22-18/h4-7,9,11-13,19H,1-3,8,10H2,(H,23,24)(H,20,21,22). The van der Waals surface area contributed by atoms with Gasteiger partial charge in [-0.2, -0.15) is 0 Å². The quantitative estimate of drug-likeness (QED) is 0.553. The summed E-state index contributed by atoms with van der Waals surface area (Å²) in [5, 5.41) is 7.20. The molecule has 0 bridgehead atoms. The van der Waals surface area contributed by atoms with Crippen molar-refractivity contribution in [1.29, 1.82) is 0 Å². The first-order valence-electron chi connectivity index (χ1n) is 8.20. The van der Waals surface area contributed by atoms with Gasteiger partial charge in [-0.3, -0.25) is 4.79 Å². The molecular formula is C18H21N5O. The number of aromatic amines is 1. The highest BCUT2D eigenvalue weighted by molar-refractivity contribution is 6.01. The van der Waals surface area contributed by atoms with E-state index in [4.69, 9.17) is 0 Å². The number of benzene rings is 1. The highest BCUT2D eigenvalue weighted by atomic mass is 16.1. The van der Waals surface area contributed by atoms with Gasteiger partial charge in [-0.25, -0.2) is 9.97 Å². The van der Waals surface area contributed by atoms with E-state index in [0.717, 1.165) is 42.4 Å². The van der Waals surface area contributed by atoms with E-state index >= 15 is 0 Å². The van der Waals surface area contributed by atoms with Gasteiger partial charge in [0.1, 0.15) is 0 Å². The Labute approximate surface area is 140 Å². The molecule has 0 radical (unpaired) electrons. The third-order valence-corrected chi connectivity index (χ3v) is 3.80. The van der Waals surface area contributed by atoms with Gasteiger partial charge < -0.3 is 15.6 Å². The van der Waals surface area contributed by atoms with Crippen molar-refractivity contribution in [1.82, 2.24) is 15.0 Å². The Morgan fingerprint density at radius 3 is 2.79 bits per heavy atom. The van der Waals surface area contributed by atoms with Crippen molar-refractivity contribution in [3.63, 3.8) is 0 Å². The van der Waals surface area contributed by atoms with Crippen molar-refractivity contribution in [2.24, 2.45) is 0 Å². The van der Waals surface area contributed by atoms with Crippen molar-refractivity contribution in [3.8, 4) is 0 Å². The molecule has 24 heavy (non-hydrogen) atoms. The zero-order chi connectivity index (χ0) is 16.6. The molecule has 0 aliphatic heterocycles. The average molecular weight is 323 g/mol. The zero-order valence-corrected chi connectivity index (χ0v) is 13.5. The topological polar surface area (TPSA) is 82.7 Å². The van der Waals surface area contributed by atoms with Crippen LogP contribution in [0.1, 0.15) is 25.7 Å². The Kier molecular flexibility index (Phi) is 5.40. The first-order chi connectivity index (χ1) is 11.8. The van der Waals surface area contributed by atoms with E-state index in [2.05, 4.69) is 25.6 Å². The Morgan fingerprint density at radius 2 is 1.92 bits per heavy atom. The molecule has 2 aromatic heterocycles. The minimum atomic E-state index is 0.0584. The number of hydrogen-bond acceptors (Lipinski definition) is 4. The molecule has 0 aliphatic carbocycles. The zero-order valence-electron chi connectivity index (χ0n) is 13.5. The van der Waals surface area contributed by atoms with Gasteiger partial charge in [0, 0.05) is 42.5 Å². The summed E-state index contributed by atoms with van der Waals surface area (Å²) in [6, 6.07) is 9.62. The van der Waals surface area contributed by atoms with Gasteiger partial charge in [0.15, 0.2) is 0 Å². The Morgan fingerprint density at radius 1 is 1.04 bits per heavy atom. The number of fused-ring (bicyclic) bond motifs is 1. The van der Waals surface area contributed by atoms with E-state index in [1.807, 2.05) is 30.5 Å². The van der Waals surface area contributed by atoms with E-state index in [9.17, 15) is 4.79 Å². The smallest absolute Gasteiger partial charge is 0.224 e. The van der Waals surface area contributed by atoms with Gasteiger partial charge in [0.05, 0.1) is 5.69 Å². The van der Waals surface area contributed by atoms with Crippen LogP contribution in [0.4, 0.5) is 11.6 Å². The van der Waals surface area contributed by atoms with Gasteiger partial charge in [0.2, 0.25) is 11.9 Å². The summed E-state index contributed by atoms with van der Waals surface area (Å²) in [5.74, 6) is 0.706. The van der Waals surface area contributed by atoms with Crippen LogP contribution in [-0.2, 0) is 4.79 Å². The van der Waals surface area contributed by atoms with Gasteiger partial charge >= 0.3 is 0 Å². The summed E-state index contributed by atoms with van der Waals surface area (Å²) in [6.07, 6.45) is 8.68. The van der Waals surface area contributed by atoms with Crippen molar-refractivity contribution in [2.45, 2.75) is 25.7 Å². The van der Waals surface area contributed by atoms with Crippen LogP contribution in [0.15, 0.2) is 48.9 Å². The molecule has 1 aromatic carbocycles. The summed E-state index contributed by atoms with van der Waals surface area (Å²) in [4.78, 5) is 23.4. The molecule has 6 nitrogen and oxygen atoms in total. The first kappa shape index (κ1) is 16.0. The SMILES string of the molecule is O=C(CCCCCNc1ncccn1)Nc1cccc2[nH]ccc12. The summed E-state index contributed by atoms with van der Waals surface area (Å²) < 4.78 is 0. The second kappa shape index (κ2) is 8.10. The van der Waals surface area contributed by atoms with Crippen molar-refractivity contribution in [2.75, 3.05) is 17.2 Å². The lowest BCUT2D eigenvalue weighted by Gasteiger charge is -2.07. The maximum atomic E-state index is 12.1. The number of nitrogens with one attached hydrogen (secondary N) is 3. The van der Waals surface area contributed by atoms with Crippen LogP contribution in [0.2, 0.25) is 0 Å². The average Bonchev–Trinajstić information content (AvgIpc) is 3.09. The molecule has 0 saturated heterocycles. The van der Waals surface area contributed by atoms with E-state index in [1.54, 1.807) is 18.5 Å². The van der Waals surface area contributed by atoms with Gasteiger partial charge in [-0.05, 0) is 37.1 Å². The van der Waals surface area contributed by atoms with Crippen molar-refractivity contribution in [3.05, 3.63) is 48.9 Å². The molecule has 6 heteroatoms. The molecule has 0 atom stereocenters. The molecule has 0 spiro atoms. The fourth-order valence-electron chi connectivity index (χ4n) is 2.59. The predicted octanol–water partition coefficient (Wildman–Crippen LogP) is 3.57. The molecule has 0 unspecified atom stereocenters. The number of carbonyl (C=O) groups excluding carboxylic acids is 1. The fraction of sp³-hybridized carbons (Fsp3) is 0.278. The highest BCUT2D eigenvalue weighted by Crippen LogP contribution is 2.22. The summed E-state index contributed by atoms with van der Waals surface area (Å²) in [6.45, 7) is 0.814. The number of H-pyrrole nitrogens is 1. The molecule has 0 aliphatic rings. The lowest BCUT2D eigenvalue weighted by molar-refractivity contribution is -0.116. The second-order valence-electron chi connectivity index (χ2n) is 5.60. The molecule has 1 amide bonds. The van der Waals surface area contributed by atoms with Crippen LogP contribution >= 0.6 is 0 Å². The number of rotatable bonds is 8. The maximum absolute atomic E-state index is 12.1. The number of amides is 1. The van der Waals surface area contributed by atoms with Gasteiger partial charge in [-0.1, -0.05) is 12.5 Å². The number of unbranched alkanes of at least 4 members (excludes halogenated alkanes) is 2. The molecule has 3 rings (SSSR count). The Hall–Kier alpha value is -2.89. The number of aromatic nitrogens is 3. The number of nitrogens with zero attached hydrogens (tertiary/aromatic N) is 2. The first-order valence-corrected chi connectivity index (χ1v) is 8.20. The van der Waals surface area contributed by atoms with Crippen LogP contribution in [0.25, 0.3) is 10.9 Å². The summed E-state index contributed by atoms with van der Waals surface area (Å²) in [7, 11) is 0. The lowest BCUT2D eigenvalue weighted by Crippen LogP contribution is -2.11. The molecule has 3 aromatic rings. The van der Waals surface area contributed by atoms with Crippen LogP contribution in [0.5, 0.6) is 0 Å². The number of anilines is 2. The van der Waals surface area contributed by atoms with Crippen molar-refractivity contribution >= 4 is 28.4 Å². The highest BCUT2D eigenvalue weighted by Gasteiger charge is 2.06. The third-order valence-electron chi connectivity index (χ3n) is 3.80. The van der Waals surface area contributed by atoms with Gasteiger partial charge in [0.25, 0.3) is 0 Å². The normalized spacial score (nSPS) is 10.7. The monoisotopic (exact) mass is 323 g/mol. The molecule has 3 N–H and O–H groups in total. The molecular weight excluding hydrogens is 302 g/mol. The fourth-order valence-corrected chi connectivity index (χ4v) is 2.59. The van der Waals surface area contributed by atoms with E-state index in [-0.39, 0.29) is 5.91 Å². The number of carbonyl (C=O) groups is 1. The van der Waals surface area contributed by atoms with Crippen LogP contribution < -0.4 is 10.6 Å². The molecule has 0 fully saturated rings. The van der Waals surface area contributed by atoms with E-state index < -0.39 is 0 Å². The molecule has 0 saturated carbocycles. The third kappa shape index (κ3) is 4.32. The summed E-state index contributed by atoms with van der Waals surface area (Å²) >= 11 is 0. The van der Waals surface area contributed by atoms with Crippen molar-refractivity contribution < 1.29 is 4.79 Å². The predicted molar refractivity (Wildman–Crippen MR) is 95.9 cm³/mol. The largest absolute Gasteiger partial charge is 0.361 e. The van der Waals surface area contributed by atoms with E-state index in [1.165, 1.54) is 0 Å². The van der Waals surface area contributed by atoms with E-state index in [0.29, 0.717) is 12.4 Å². The summed E-state index contributed by atoms with van der Waals surface area (Å²) in [5.41, 5.74) is 1.89. The second-order valence-corrected chi connectivity index (χ2v) is 5.60. The minimum absolute atomic E-state index is 0.0584. The molecule has 124 valence electrons. The van der Waals surface area contributed by atoms with Gasteiger partial charge in [-0.15, -0.1) is 0 Å². The van der Waals surface area contributed by atoms with Crippen LogP contribution in [-0.4, -0.2) is 27.4 Å². The Bertz CT molecular complexity index is 784. The Balaban J connectivity index is 1.35.